The Hall–Kier alpha value is -4.88. The maximum Gasteiger partial charge on any atom is 0.335 e. The first-order valence-electron chi connectivity index (χ1n) is 12.6. The smallest absolute Gasteiger partial charge is 0.335 e. The van der Waals surface area contributed by atoms with Crippen molar-refractivity contribution >= 4 is 28.5 Å². The van der Waals surface area contributed by atoms with Gasteiger partial charge in [0.2, 0.25) is 0 Å². The molecule has 0 radical (unpaired) electrons. The molecule has 5 rings (SSSR count). The molecule has 7 nitrogen and oxygen atoms in total. The summed E-state index contributed by atoms with van der Waals surface area (Å²) < 4.78 is 8.50. The summed E-state index contributed by atoms with van der Waals surface area (Å²) in [5.74, 6) is -0.484. The van der Waals surface area contributed by atoms with Gasteiger partial charge in [0.1, 0.15) is 12.4 Å². The predicted octanol–water partition coefficient (Wildman–Crippen LogP) is 5.79. The SMILES string of the molecule is O=C(O)c1ccc(OC/C=C\Cn2c(=O)n(C(c3ccccc3)c3ccccc3)c(=O)c3cc(Cl)ccc32)cc1. The summed E-state index contributed by atoms with van der Waals surface area (Å²) in [4.78, 5) is 38.9. The number of carboxylic acids is 1. The molecule has 1 N–H and O–H groups in total. The van der Waals surface area contributed by atoms with Crippen LogP contribution in [0.4, 0.5) is 0 Å². The van der Waals surface area contributed by atoms with E-state index in [0.717, 1.165) is 11.1 Å². The lowest BCUT2D eigenvalue weighted by molar-refractivity contribution is 0.0697. The molecule has 0 unspecified atom stereocenters. The lowest BCUT2D eigenvalue weighted by Gasteiger charge is -2.22. The molecule has 0 aliphatic carbocycles. The van der Waals surface area contributed by atoms with E-state index >= 15 is 0 Å². The maximum absolute atomic E-state index is 14.0. The monoisotopic (exact) mass is 552 g/mol. The Morgan fingerprint density at radius 3 is 2.08 bits per heavy atom. The summed E-state index contributed by atoms with van der Waals surface area (Å²) in [7, 11) is 0. The Morgan fingerprint density at radius 2 is 1.48 bits per heavy atom. The molecule has 0 atom stereocenters. The molecule has 0 saturated heterocycles. The van der Waals surface area contributed by atoms with Crippen molar-refractivity contribution in [2.45, 2.75) is 12.6 Å². The van der Waals surface area contributed by atoms with Crippen molar-refractivity contribution in [2.75, 3.05) is 6.61 Å². The van der Waals surface area contributed by atoms with Crippen LogP contribution in [-0.2, 0) is 6.54 Å². The fourth-order valence-electron chi connectivity index (χ4n) is 4.62. The average molecular weight is 553 g/mol. The van der Waals surface area contributed by atoms with Crippen LogP contribution in [0.2, 0.25) is 5.02 Å². The van der Waals surface area contributed by atoms with Crippen molar-refractivity contribution < 1.29 is 14.6 Å². The number of aromatic nitrogens is 2. The first kappa shape index (κ1) is 26.7. The number of benzene rings is 4. The highest BCUT2D eigenvalue weighted by Crippen LogP contribution is 2.25. The zero-order chi connectivity index (χ0) is 28.1. The Labute approximate surface area is 234 Å². The van der Waals surface area contributed by atoms with Crippen LogP contribution in [0, 0.1) is 0 Å². The molecule has 8 heteroatoms. The minimum absolute atomic E-state index is 0.175. The predicted molar refractivity (Wildman–Crippen MR) is 156 cm³/mol. The van der Waals surface area contributed by atoms with Gasteiger partial charge in [0.25, 0.3) is 5.56 Å². The number of fused-ring (bicyclic) bond motifs is 1. The van der Waals surface area contributed by atoms with E-state index in [0.29, 0.717) is 21.7 Å². The molecule has 0 aliphatic rings. The first-order valence-corrected chi connectivity index (χ1v) is 13.0. The van der Waals surface area contributed by atoms with E-state index in [9.17, 15) is 14.4 Å². The lowest BCUT2D eigenvalue weighted by Crippen LogP contribution is -2.43. The van der Waals surface area contributed by atoms with E-state index in [1.54, 1.807) is 47.1 Å². The van der Waals surface area contributed by atoms with Crippen molar-refractivity contribution in [3.63, 3.8) is 0 Å². The summed E-state index contributed by atoms with van der Waals surface area (Å²) in [6, 6.07) is 29.3. The lowest BCUT2D eigenvalue weighted by atomic mass is 9.98. The summed E-state index contributed by atoms with van der Waals surface area (Å²) in [5, 5.41) is 9.77. The molecule has 0 spiro atoms. The number of nitrogens with zero attached hydrogens (tertiary/aromatic N) is 2. The van der Waals surface area contributed by atoms with E-state index in [2.05, 4.69) is 0 Å². The van der Waals surface area contributed by atoms with Gasteiger partial charge in [-0.15, -0.1) is 0 Å². The second kappa shape index (κ2) is 11.9. The molecule has 5 aromatic rings. The molecular formula is C32H25ClN2O5. The van der Waals surface area contributed by atoms with Crippen LogP contribution in [0.15, 0.2) is 125 Å². The third-order valence-electron chi connectivity index (χ3n) is 6.53. The van der Waals surface area contributed by atoms with Crippen LogP contribution in [0.25, 0.3) is 10.9 Å². The van der Waals surface area contributed by atoms with Crippen molar-refractivity contribution in [3.8, 4) is 5.75 Å². The first-order chi connectivity index (χ1) is 19.4. The molecule has 0 saturated carbocycles. The summed E-state index contributed by atoms with van der Waals surface area (Å²) in [6.45, 7) is 0.399. The van der Waals surface area contributed by atoms with Gasteiger partial charge in [-0.2, -0.15) is 0 Å². The van der Waals surface area contributed by atoms with Crippen LogP contribution in [-0.4, -0.2) is 26.8 Å². The van der Waals surface area contributed by atoms with Gasteiger partial charge in [0.05, 0.1) is 22.5 Å². The van der Waals surface area contributed by atoms with Gasteiger partial charge >= 0.3 is 11.7 Å². The van der Waals surface area contributed by atoms with Crippen molar-refractivity contribution in [1.29, 1.82) is 0 Å². The largest absolute Gasteiger partial charge is 0.490 e. The van der Waals surface area contributed by atoms with Crippen molar-refractivity contribution in [3.05, 3.63) is 158 Å². The van der Waals surface area contributed by atoms with Crippen LogP contribution >= 0.6 is 11.6 Å². The molecule has 40 heavy (non-hydrogen) atoms. The molecule has 1 aromatic heterocycles. The fraction of sp³-hybridized carbons (Fsp3) is 0.0938. The number of aromatic carboxylic acids is 1. The highest BCUT2D eigenvalue weighted by Gasteiger charge is 2.23. The van der Waals surface area contributed by atoms with E-state index < -0.39 is 23.3 Å². The van der Waals surface area contributed by atoms with Crippen molar-refractivity contribution in [1.82, 2.24) is 9.13 Å². The number of carbonyl (C=O) groups is 1. The maximum atomic E-state index is 14.0. The summed E-state index contributed by atoms with van der Waals surface area (Å²) in [5.41, 5.74) is 1.39. The van der Waals surface area contributed by atoms with Crippen LogP contribution in [0.1, 0.15) is 27.5 Å². The van der Waals surface area contributed by atoms with Gasteiger partial charge in [-0.3, -0.25) is 9.36 Å². The highest BCUT2D eigenvalue weighted by molar-refractivity contribution is 6.31. The number of rotatable bonds is 9. The van der Waals surface area contributed by atoms with E-state index in [4.69, 9.17) is 21.4 Å². The van der Waals surface area contributed by atoms with Crippen molar-refractivity contribution in [2.24, 2.45) is 0 Å². The Morgan fingerprint density at radius 1 is 0.850 bits per heavy atom. The highest BCUT2D eigenvalue weighted by atomic mass is 35.5. The second-order valence-electron chi connectivity index (χ2n) is 9.07. The van der Waals surface area contributed by atoms with E-state index in [1.807, 2.05) is 60.7 Å². The Bertz CT molecular complexity index is 1750. The average Bonchev–Trinajstić information content (AvgIpc) is 2.98. The zero-order valence-corrected chi connectivity index (χ0v) is 22.1. The Kier molecular flexibility index (Phi) is 7.94. The third kappa shape index (κ3) is 5.60. The molecule has 1 heterocycles. The summed E-state index contributed by atoms with van der Waals surface area (Å²) >= 11 is 6.28. The summed E-state index contributed by atoms with van der Waals surface area (Å²) in [6.07, 6.45) is 3.55. The standard InChI is InChI=1S/C32H25ClN2O5/c33-25-15-18-28-27(21-25)30(36)35(29(22-9-3-1-4-10-22)23-11-5-2-6-12-23)32(39)34(28)19-7-8-20-40-26-16-13-24(14-17-26)31(37)38/h1-18,21,29H,19-20H2,(H,37,38)/b8-7-. The normalized spacial score (nSPS) is 11.3. The number of carboxylic acid groups (broad SMARTS) is 1. The van der Waals surface area contributed by atoms with Gasteiger partial charge in [-0.1, -0.05) is 78.3 Å². The van der Waals surface area contributed by atoms with Crippen LogP contribution < -0.4 is 16.0 Å². The molecule has 4 aromatic carbocycles. The zero-order valence-electron chi connectivity index (χ0n) is 21.3. The van der Waals surface area contributed by atoms with Crippen LogP contribution in [0.3, 0.4) is 0 Å². The van der Waals surface area contributed by atoms with E-state index in [-0.39, 0.29) is 18.7 Å². The molecule has 0 amide bonds. The minimum Gasteiger partial charge on any atom is -0.490 e. The van der Waals surface area contributed by atoms with Gasteiger partial charge in [-0.25, -0.2) is 14.2 Å². The Balaban J connectivity index is 1.53. The number of hydrogen-bond donors (Lipinski definition) is 1. The molecular weight excluding hydrogens is 528 g/mol. The van der Waals surface area contributed by atoms with Gasteiger partial charge in [-0.05, 0) is 59.7 Å². The third-order valence-corrected chi connectivity index (χ3v) is 6.76. The van der Waals surface area contributed by atoms with Crippen LogP contribution in [0.5, 0.6) is 5.75 Å². The number of ether oxygens (including phenoxy) is 1. The second-order valence-corrected chi connectivity index (χ2v) is 9.50. The minimum atomic E-state index is -1.01. The fourth-order valence-corrected chi connectivity index (χ4v) is 4.79. The number of allylic oxidation sites excluding steroid dienone is 1. The molecule has 200 valence electrons. The molecule has 0 bridgehead atoms. The number of hydrogen-bond acceptors (Lipinski definition) is 4. The van der Waals surface area contributed by atoms with Gasteiger partial charge < -0.3 is 9.84 Å². The number of halogens is 1. The van der Waals surface area contributed by atoms with Gasteiger partial charge in [0, 0.05) is 11.6 Å². The quantitative estimate of drug-likeness (QED) is 0.234. The van der Waals surface area contributed by atoms with E-state index in [1.165, 1.54) is 16.7 Å². The molecule has 0 aliphatic heterocycles. The topological polar surface area (TPSA) is 90.5 Å². The van der Waals surface area contributed by atoms with Gasteiger partial charge in [0.15, 0.2) is 0 Å². The molecule has 0 fully saturated rings.